The lowest BCUT2D eigenvalue weighted by Gasteiger charge is -2.13. The molecular weight excluding hydrogens is 373 g/mol. The highest BCUT2D eigenvalue weighted by Crippen LogP contribution is 2.29. The van der Waals surface area contributed by atoms with E-state index in [2.05, 4.69) is 15.3 Å². The van der Waals surface area contributed by atoms with Gasteiger partial charge in [-0.25, -0.2) is 9.18 Å². The highest BCUT2D eigenvalue weighted by atomic mass is 19.1. The van der Waals surface area contributed by atoms with Gasteiger partial charge in [-0.3, -0.25) is 0 Å². The van der Waals surface area contributed by atoms with E-state index in [1.54, 1.807) is 31.4 Å². The maximum Gasteiger partial charge on any atom is 0.368 e. The Kier molecular flexibility index (Phi) is 5.20. The molecule has 4 rings (SSSR count). The van der Waals surface area contributed by atoms with E-state index in [1.165, 1.54) is 12.1 Å². The predicted octanol–water partition coefficient (Wildman–Crippen LogP) is 3.40. The van der Waals surface area contributed by atoms with Crippen LogP contribution in [0, 0.1) is 5.82 Å². The highest BCUT2D eigenvalue weighted by Gasteiger charge is 2.08. The molecule has 0 saturated carbocycles. The van der Waals surface area contributed by atoms with Crippen molar-refractivity contribution in [2.75, 3.05) is 12.4 Å². The minimum Gasteiger partial charge on any atom is -0.493 e. The van der Waals surface area contributed by atoms with Crippen LogP contribution in [0.25, 0.3) is 0 Å². The largest absolute Gasteiger partial charge is 0.493 e. The van der Waals surface area contributed by atoms with Crippen LogP contribution in [0.5, 0.6) is 11.5 Å². The number of anilines is 1. The zero-order chi connectivity index (χ0) is 20.2. The quantitative estimate of drug-likeness (QED) is 0.670. The molecule has 0 saturated heterocycles. The Hall–Kier alpha value is -3.74. The van der Waals surface area contributed by atoms with Crippen LogP contribution in [-0.2, 0) is 13.2 Å². The third kappa shape index (κ3) is 4.40. The molecule has 0 radical (unpaired) electrons. The molecule has 3 aromatic carbocycles. The summed E-state index contributed by atoms with van der Waals surface area (Å²) in [6.45, 7) is 0.870. The van der Waals surface area contributed by atoms with Crippen LogP contribution in [0.1, 0.15) is 11.1 Å². The van der Waals surface area contributed by atoms with Gasteiger partial charge in [-0.1, -0.05) is 18.2 Å². The van der Waals surface area contributed by atoms with Crippen molar-refractivity contribution < 1.29 is 18.7 Å². The fraction of sp³-hybridized carbons (Fsp3) is 0.136. The number of amides is 2. The molecular formula is C22H18FN3O3. The molecule has 0 aliphatic carbocycles. The summed E-state index contributed by atoms with van der Waals surface area (Å²) in [6.07, 6.45) is 0. The molecule has 2 amide bonds. The van der Waals surface area contributed by atoms with E-state index in [0.717, 1.165) is 16.8 Å². The third-order valence-electron chi connectivity index (χ3n) is 4.44. The third-order valence-corrected chi connectivity index (χ3v) is 4.44. The van der Waals surface area contributed by atoms with E-state index in [0.29, 0.717) is 35.4 Å². The van der Waals surface area contributed by atoms with E-state index >= 15 is 0 Å². The van der Waals surface area contributed by atoms with E-state index in [9.17, 15) is 9.18 Å². The molecule has 0 spiro atoms. The lowest BCUT2D eigenvalue weighted by Crippen LogP contribution is -2.21. The minimum absolute atomic E-state index is 0.277. The van der Waals surface area contributed by atoms with Crippen LogP contribution >= 0.6 is 0 Å². The number of rotatable bonds is 7. The summed E-state index contributed by atoms with van der Waals surface area (Å²) in [4.78, 5) is 18.9. The van der Waals surface area contributed by atoms with Gasteiger partial charge in [-0.2, -0.15) is 9.98 Å². The number of nitrogens with one attached hydrogen (secondary N) is 1. The first-order valence-corrected chi connectivity index (χ1v) is 9.00. The van der Waals surface area contributed by atoms with Crippen molar-refractivity contribution in [3.05, 3.63) is 88.3 Å². The molecule has 29 heavy (non-hydrogen) atoms. The van der Waals surface area contributed by atoms with Gasteiger partial charge in [-0.05, 0) is 53.6 Å². The summed E-state index contributed by atoms with van der Waals surface area (Å²) in [6, 6.07) is 16.8. The average Bonchev–Trinajstić information content (AvgIpc) is 3.11. The molecule has 1 heterocycles. The lowest BCUT2D eigenvalue weighted by molar-refractivity contribution is 0.256. The second-order valence-electron chi connectivity index (χ2n) is 6.46. The van der Waals surface area contributed by atoms with E-state index in [4.69, 9.17) is 9.47 Å². The number of carbonyl (C=O) groups excluding carboxylic acids is 1. The fourth-order valence-electron chi connectivity index (χ4n) is 2.94. The molecule has 1 aliphatic heterocycles. The number of methoxy groups -OCH3 is 1. The summed E-state index contributed by atoms with van der Waals surface area (Å²) in [5.74, 6) is 0.943. The Bertz CT molecular complexity index is 1180. The van der Waals surface area contributed by atoms with Crippen LogP contribution < -0.4 is 25.5 Å². The molecule has 3 aromatic rings. The molecule has 0 aromatic heterocycles. The Labute approximate surface area is 166 Å². The first-order chi connectivity index (χ1) is 14.1. The van der Waals surface area contributed by atoms with Crippen molar-refractivity contribution in [3.63, 3.8) is 0 Å². The molecule has 1 N–H and O–H groups in total. The Morgan fingerprint density at radius 2 is 1.66 bits per heavy atom. The monoisotopic (exact) mass is 391 g/mol. The van der Waals surface area contributed by atoms with Crippen LogP contribution in [0.3, 0.4) is 0 Å². The number of fused-ring (bicyclic) bond motifs is 1. The minimum atomic E-state index is -0.474. The molecule has 7 heteroatoms. The number of halogens is 1. The first-order valence-electron chi connectivity index (χ1n) is 9.00. The van der Waals surface area contributed by atoms with Gasteiger partial charge < -0.3 is 14.8 Å². The van der Waals surface area contributed by atoms with Crippen molar-refractivity contribution in [2.45, 2.75) is 13.2 Å². The Morgan fingerprint density at radius 1 is 0.897 bits per heavy atom. The molecule has 146 valence electrons. The van der Waals surface area contributed by atoms with Gasteiger partial charge in [0.1, 0.15) is 12.4 Å². The van der Waals surface area contributed by atoms with Crippen molar-refractivity contribution >= 4 is 11.7 Å². The summed E-state index contributed by atoms with van der Waals surface area (Å²) in [7, 11) is 1.58. The van der Waals surface area contributed by atoms with E-state index < -0.39 is 6.03 Å². The van der Waals surface area contributed by atoms with Crippen LogP contribution in [0.4, 0.5) is 14.9 Å². The first kappa shape index (κ1) is 18.6. The maximum atomic E-state index is 13.0. The van der Waals surface area contributed by atoms with E-state index in [-0.39, 0.29) is 5.82 Å². The van der Waals surface area contributed by atoms with E-state index in [1.807, 2.05) is 24.3 Å². The summed E-state index contributed by atoms with van der Waals surface area (Å²) in [5, 5.41) is 4.45. The highest BCUT2D eigenvalue weighted by molar-refractivity contribution is 5.77. The van der Waals surface area contributed by atoms with Gasteiger partial charge >= 0.3 is 6.03 Å². The standard InChI is InChI=1S/C22H18FN3O3/c1-28-21-10-15(4-9-20(21)29-13-14-2-5-16(23)6-3-14)12-24-17-7-8-18-19(11-17)26-22(27)25-18/h2-11,24H,12-13H2,1H3. The summed E-state index contributed by atoms with van der Waals surface area (Å²) in [5.41, 5.74) is 2.70. The maximum absolute atomic E-state index is 13.0. The molecule has 0 fully saturated rings. The Morgan fingerprint density at radius 3 is 2.45 bits per heavy atom. The van der Waals surface area contributed by atoms with Gasteiger partial charge in [0.15, 0.2) is 11.5 Å². The number of nitrogens with zero attached hydrogens (tertiary/aromatic N) is 2. The number of ether oxygens (including phenoxy) is 2. The van der Waals surface area contributed by atoms with Gasteiger partial charge in [0.25, 0.3) is 0 Å². The number of hydrogen-bond donors (Lipinski definition) is 1. The second-order valence-corrected chi connectivity index (χ2v) is 6.46. The van der Waals surface area contributed by atoms with Gasteiger partial charge in [0.2, 0.25) is 0 Å². The molecule has 6 nitrogen and oxygen atoms in total. The van der Waals surface area contributed by atoms with Crippen molar-refractivity contribution in [3.8, 4) is 11.5 Å². The SMILES string of the molecule is COc1cc(CNc2ccc3c(c2)=NC(=O)N=3)ccc1OCc1ccc(F)cc1. The number of carbonyl (C=O) groups is 1. The average molecular weight is 391 g/mol. The topological polar surface area (TPSA) is 72.3 Å². The lowest BCUT2D eigenvalue weighted by atomic mass is 10.2. The van der Waals surface area contributed by atoms with Crippen LogP contribution in [-0.4, -0.2) is 13.1 Å². The van der Waals surface area contributed by atoms with Gasteiger partial charge in [-0.15, -0.1) is 0 Å². The van der Waals surface area contributed by atoms with Gasteiger partial charge in [0, 0.05) is 12.2 Å². The summed E-state index contributed by atoms with van der Waals surface area (Å²) < 4.78 is 24.2. The number of urea groups is 1. The van der Waals surface area contributed by atoms with Crippen LogP contribution in [0.15, 0.2) is 70.6 Å². The van der Waals surface area contributed by atoms with Crippen molar-refractivity contribution in [1.29, 1.82) is 0 Å². The van der Waals surface area contributed by atoms with Crippen molar-refractivity contribution in [2.24, 2.45) is 9.98 Å². The number of benzene rings is 3. The smallest absolute Gasteiger partial charge is 0.368 e. The normalized spacial score (nSPS) is 12.0. The zero-order valence-electron chi connectivity index (χ0n) is 15.7. The Balaban J connectivity index is 1.42. The van der Waals surface area contributed by atoms with Crippen molar-refractivity contribution in [1.82, 2.24) is 0 Å². The van der Waals surface area contributed by atoms with Crippen LogP contribution in [0.2, 0.25) is 0 Å². The second kappa shape index (κ2) is 8.10. The molecule has 0 atom stereocenters. The molecule has 0 unspecified atom stereocenters. The predicted molar refractivity (Wildman–Crippen MR) is 105 cm³/mol. The number of hydrogen-bond acceptors (Lipinski definition) is 4. The fourth-order valence-corrected chi connectivity index (χ4v) is 2.94. The van der Waals surface area contributed by atoms with Gasteiger partial charge in [0.05, 0.1) is 17.8 Å². The molecule has 1 aliphatic rings. The zero-order valence-corrected chi connectivity index (χ0v) is 15.7. The molecule has 0 bridgehead atoms. The summed E-state index contributed by atoms with van der Waals surface area (Å²) >= 11 is 0.